The number of carbonyl (C=O) groups excluding carboxylic acids is 1. The molecule has 1 heterocycles. The maximum Gasteiger partial charge on any atom is 0.275 e. The normalized spacial score (nSPS) is 14.1. The molecule has 0 saturated heterocycles. The number of rotatable bonds is 7. The van der Waals surface area contributed by atoms with E-state index < -0.39 is 10.0 Å². The van der Waals surface area contributed by atoms with Crippen LogP contribution < -0.4 is 10.0 Å². The van der Waals surface area contributed by atoms with Gasteiger partial charge in [0.15, 0.2) is 0 Å². The van der Waals surface area contributed by atoms with Crippen molar-refractivity contribution >= 4 is 33.0 Å². The van der Waals surface area contributed by atoms with Crippen molar-refractivity contribution in [3.8, 4) is 10.6 Å². The number of anilines is 1. The van der Waals surface area contributed by atoms with Crippen LogP contribution in [0.3, 0.4) is 0 Å². The minimum atomic E-state index is -3.58. The molecule has 2 aromatic carbocycles. The van der Waals surface area contributed by atoms with E-state index in [2.05, 4.69) is 41.0 Å². The summed E-state index contributed by atoms with van der Waals surface area (Å²) in [5, 5.41) is 5.21. The standard InChI is InChI=1S/C22H23N3O3S2/c1-14(2)15-6-8-16(9-7-15)22-24-20(13-29-22)21(26)23-18-4-3-5-19(12-18)30(27,28)25-17-10-11-17/h3-9,12-14,17,25H,10-11H2,1-2H3,(H,23,26). The maximum atomic E-state index is 12.6. The number of amides is 1. The lowest BCUT2D eigenvalue weighted by atomic mass is 10.0. The van der Waals surface area contributed by atoms with Crippen LogP contribution >= 0.6 is 11.3 Å². The molecular formula is C22H23N3O3S2. The Morgan fingerprint density at radius 1 is 1.13 bits per heavy atom. The Hall–Kier alpha value is -2.55. The van der Waals surface area contributed by atoms with E-state index in [4.69, 9.17) is 0 Å². The van der Waals surface area contributed by atoms with Crippen molar-refractivity contribution in [1.29, 1.82) is 0 Å². The van der Waals surface area contributed by atoms with E-state index in [-0.39, 0.29) is 16.8 Å². The number of carbonyl (C=O) groups is 1. The van der Waals surface area contributed by atoms with Crippen LogP contribution in [0.15, 0.2) is 58.8 Å². The Morgan fingerprint density at radius 3 is 2.53 bits per heavy atom. The number of sulfonamides is 1. The number of hydrogen-bond donors (Lipinski definition) is 2. The first kappa shape index (κ1) is 20.7. The van der Waals surface area contributed by atoms with Gasteiger partial charge >= 0.3 is 0 Å². The van der Waals surface area contributed by atoms with Crippen molar-refractivity contribution in [1.82, 2.24) is 9.71 Å². The van der Waals surface area contributed by atoms with Crippen molar-refractivity contribution in [2.75, 3.05) is 5.32 Å². The highest BCUT2D eigenvalue weighted by atomic mass is 32.2. The summed E-state index contributed by atoms with van der Waals surface area (Å²) >= 11 is 1.40. The quantitative estimate of drug-likeness (QED) is 0.560. The monoisotopic (exact) mass is 441 g/mol. The van der Waals surface area contributed by atoms with Crippen LogP contribution in [0.25, 0.3) is 10.6 Å². The molecule has 0 radical (unpaired) electrons. The zero-order valence-electron chi connectivity index (χ0n) is 16.8. The van der Waals surface area contributed by atoms with Crippen molar-refractivity contribution < 1.29 is 13.2 Å². The number of nitrogens with zero attached hydrogens (tertiary/aromatic N) is 1. The largest absolute Gasteiger partial charge is 0.321 e. The zero-order chi connectivity index (χ0) is 21.3. The van der Waals surface area contributed by atoms with Crippen molar-refractivity contribution in [3.63, 3.8) is 0 Å². The highest BCUT2D eigenvalue weighted by Crippen LogP contribution is 2.27. The molecule has 1 saturated carbocycles. The third kappa shape index (κ3) is 4.77. The van der Waals surface area contributed by atoms with Crippen LogP contribution in [-0.2, 0) is 10.0 Å². The minimum Gasteiger partial charge on any atom is -0.321 e. The van der Waals surface area contributed by atoms with Crippen LogP contribution in [0.1, 0.15) is 48.7 Å². The third-order valence-corrected chi connectivity index (χ3v) is 7.27. The third-order valence-electron chi connectivity index (χ3n) is 4.86. The van der Waals surface area contributed by atoms with Gasteiger partial charge in [-0.2, -0.15) is 0 Å². The first-order valence-corrected chi connectivity index (χ1v) is 12.2. The van der Waals surface area contributed by atoms with E-state index in [1.807, 2.05) is 12.1 Å². The highest BCUT2D eigenvalue weighted by Gasteiger charge is 2.28. The van der Waals surface area contributed by atoms with Crippen LogP contribution in [-0.4, -0.2) is 25.4 Å². The molecule has 1 fully saturated rings. The van der Waals surface area contributed by atoms with Gasteiger partial charge in [0.2, 0.25) is 10.0 Å². The molecule has 1 aliphatic rings. The zero-order valence-corrected chi connectivity index (χ0v) is 18.4. The fourth-order valence-corrected chi connectivity index (χ4v) is 5.10. The van der Waals surface area contributed by atoms with Crippen molar-refractivity contribution in [2.24, 2.45) is 0 Å². The topological polar surface area (TPSA) is 88.2 Å². The Balaban J connectivity index is 1.47. The number of aromatic nitrogens is 1. The van der Waals surface area contributed by atoms with E-state index in [1.165, 1.54) is 29.0 Å². The van der Waals surface area contributed by atoms with Gasteiger partial charge in [0.25, 0.3) is 5.91 Å². The lowest BCUT2D eigenvalue weighted by Gasteiger charge is -2.08. The van der Waals surface area contributed by atoms with Gasteiger partial charge in [-0.25, -0.2) is 18.1 Å². The van der Waals surface area contributed by atoms with E-state index in [0.29, 0.717) is 17.3 Å². The number of hydrogen-bond acceptors (Lipinski definition) is 5. The molecule has 1 aliphatic carbocycles. The Labute approximate surface area is 180 Å². The molecule has 0 bridgehead atoms. The molecule has 0 atom stereocenters. The molecule has 0 unspecified atom stereocenters. The fraction of sp³-hybridized carbons (Fsp3) is 0.273. The average molecular weight is 442 g/mol. The Morgan fingerprint density at radius 2 is 1.87 bits per heavy atom. The van der Waals surface area contributed by atoms with Crippen LogP contribution in [0.5, 0.6) is 0 Å². The summed E-state index contributed by atoms with van der Waals surface area (Å²) in [5.74, 6) is 0.0803. The van der Waals surface area contributed by atoms with Crippen molar-refractivity contribution in [3.05, 3.63) is 65.2 Å². The van der Waals surface area contributed by atoms with E-state index in [0.717, 1.165) is 23.4 Å². The maximum absolute atomic E-state index is 12.6. The molecule has 8 heteroatoms. The molecule has 30 heavy (non-hydrogen) atoms. The lowest BCUT2D eigenvalue weighted by Crippen LogP contribution is -2.25. The van der Waals surface area contributed by atoms with Gasteiger partial charge in [-0.1, -0.05) is 44.2 Å². The second-order valence-corrected chi connectivity index (χ2v) is 10.3. The summed E-state index contributed by atoms with van der Waals surface area (Å²) in [6.45, 7) is 4.28. The number of nitrogens with one attached hydrogen (secondary N) is 2. The first-order valence-electron chi connectivity index (χ1n) is 9.81. The number of benzene rings is 2. The molecule has 6 nitrogen and oxygen atoms in total. The molecule has 2 N–H and O–H groups in total. The van der Waals surface area contributed by atoms with Crippen molar-refractivity contribution in [2.45, 2.75) is 43.5 Å². The molecule has 1 amide bonds. The highest BCUT2D eigenvalue weighted by molar-refractivity contribution is 7.89. The molecule has 3 aromatic rings. The van der Waals surface area contributed by atoms with Gasteiger partial charge in [-0.15, -0.1) is 11.3 Å². The summed E-state index contributed by atoms with van der Waals surface area (Å²) in [6, 6.07) is 14.4. The molecule has 4 rings (SSSR count). The minimum absolute atomic E-state index is 0.0243. The van der Waals surface area contributed by atoms with Gasteiger partial charge in [0, 0.05) is 22.7 Å². The second kappa shape index (κ2) is 8.29. The van der Waals surface area contributed by atoms with Gasteiger partial charge in [-0.05, 0) is 42.5 Å². The summed E-state index contributed by atoms with van der Waals surface area (Å²) in [7, 11) is -3.58. The first-order chi connectivity index (χ1) is 14.3. The van der Waals surface area contributed by atoms with Crippen LogP contribution in [0, 0.1) is 0 Å². The SMILES string of the molecule is CC(C)c1ccc(-c2nc(C(=O)Nc3cccc(S(=O)(=O)NC4CC4)c3)cs2)cc1. The van der Waals surface area contributed by atoms with Crippen LogP contribution in [0.4, 0.5) is 5.69 Å². The molecule has 156 valence electrons. The summed E-state index contributed by atoms with van der Waals surface area (Å²) in [6.07, 6.45) is 1.73. The summed E-state index contributed by atoms with van der Waals surface area (Å²) < 4.78 is 27.4. The van der Waals surface area contributed by atoms with E-state index >= 15 is 0 Å². The van der Waals surface area contributed by atoms with E-state index in [9.17, 15) is 13.2 Å². The van der Waals surface area contributed by atoms with Gasteiger partial charge in [0.1, 0.15) is 10.7 Å². The average Bonchev–Trinajstić information content (AvgIpc) is 3.38. The summed E-state index contributed by atoms with van der Waals surface area (Å²) in [4.78, 5) is 17.2. The number of thiazole rings is 1. The molecule has 1 aromatic heterocycles. The summed E-state index contributed by atoms with van der Waals surface area (Å²) in [5.41, 5.74) is 2.92. The second-order valence-electron chi connectivity index (χ2n) is 7.69. The molecule has 0 aliphatic heterocycles. The lowest BCUT2D eigenvalue weighted by molar-refractivity contribution is 0.102. The van der Waals surface area contributed by atoms with E-state index in [1.54, 1.807) is 17.5 Å². The predicted molar refractivity (Wildman–Crippen MR) is 119 cm³/mol. The van der Waals surface area contributed by atoms with Gasteiger partial charge in [-0.3, -0.25) is 4.79 Å². The van der Waals surface area contributed by atoms with Gasteiger partial charge < -0.3 is 5.32 Å². The molecular weight excluding hydrogens is 418 g/mol. The fourth-order valence-electron chi connectivity index (χ4n) is 2.95. The van der Waals surface area contributed by atoms with Crippen LogP contribution in [0.2, 0.25) is 0 Å². The Kier molecular flexibility index (Phi) is 5.73. The molecule has 0 spiro atoms. The smallest absolute Gasteiger partial charge is 0.275 e. The predicted octanol–water partition coefficient (Wildman–Crippen LogP) is 4.63. The Bertz CT molecular complexity index is 1160. The van der Waals surface area contributed by atoms with Gasteiger partial charge in [0.05, 0.1) is 4.90 Å².